The van der Waals surface area contributed by atoms with Crippen molar-refractivity contribution in [3.05, 3.63) is 99.9 Å². The Kier molecular flexibility index (Phi) is 5.81. The summed E-state index contributed by atoms with van der Waals surface area (Å²) in [6.07, 6.45) is 1.64. The highest BCUT2D eigenvalue weighted by Crippen LogP contribution is 2.27. The van der Waals surface area contributed by atoms with Crippen LogP contribution in [0.15, 0.2) is 77.2 Å². The number of benzene rings is 3. The fourth-order valence-corrected chi connectivity index (χ4v) is 3.18. The molecule has 0 radical (unpaired) electrons. The summed E-state index contributed by atoms with van der Waals surface area (Å²) >= 11 is 0. The van der Waals surface area contributed by atoms with Crippen LogP contribution in [0.1, 0.15) is 35.7 Å². The number of carbonyl (C=O) groups is 1. The normalized spacial score (nSPS) is 11.7. The number of Topliss-reactive ketones (excluding diaryl/α,β-unsaturated/α-hetero) is 1. The van der Waals surface area contributed by atoms with Crippen LogP contribution in [-0.2, 0) is 0 Å². The van der Waals surface area contributed by atoms with E-state index in [4.69, 9.17) is 9.15 Å². The average molecular weight is 428 g/mol. The molecular formula is C25H20N2O5. The van der Waals surface area contributed by atoms with Crippen molar-refractivity contribution >= 4 is 34.2 Å². The predicted molar refractivity (Wildman–Crippen MR) is 122 cm³/mol. The van der Waals surface area contributed by atoms with Gasteiger partial charge in [-0.3, -0.25) is 14.9 Å². The summed E-state index contributed by atoms with van der Waals surface area (Å²) in [5.74, 6) is 0.558. The number of nitro groups is 1. The molecule has 4 rings (SSSR count). The average Bonchev–Trinajstić information content (AvgIpc) is 3.21. The zero-order valence-electron chi connectivity index (χ0n) is 17.5. The van der Waals surface area contributed by atoms with Crippen LogP contribution in [0.2, 0.25) is 0 Å². The fourth-order valence-electron chi connectivity index (χ4n) is 3.18. The molecule has 0 bridgehead atoms. The lowest BCUT2D eigenvalue weighted by Crippen LogP contribution is -2.06. The molecule has 1 heterocycles. The highest BCUT2D eigenvalue weighted by atomic mass is 16.6. The Morgan fingerprint density at radius 1 is 1.03 bits per heavy atom. The van der Waals surface area contributed by atoms with Crippen molar-refractivity contribution in [1.82, 2.24) is 4.98 Å². The van der Waals surface area contributed by atoms with Crippen LogP contribution < -0.4 is 4.74 Å². The third-order valence-electron chi connectivity index (χ3n) is 4.67. The number of rotatable bonds is 7. The maximum atomic E-state index is 13.4. The highest BCUT2D eigenvalue weighted by Gasteiger charge is 2.20. The number of carbonyl (C=O) groups excluding carboxylic acids is 1. The summed E-state index contributed by atoms with van der Waals surface area (Å²) in [6, 6.07) is 20.0. The van der Waals surface area contributed by atoms with E-state index in [0.29, 0.717) is 28.0 Å². The van der Waals surface area contributed by atoms with Crippen LogP contribution in [0.3, 0.4) is 0 Å². The minimum Gasteiger partial charge on any atom is -0.491 e. The van der Waals surface area contributed by atoms with Crippen molar-refractivity contribution in [2.45, 2.75) is 20.0 Å². The SMILES string of the molecule is CC(C)Oc1ccc(C(=O)C(=Cc2ccc([N+](=O)[O-])cc2)c2nc3ccccc3o2)cc1. The number of nitrogens with zero attached hydrogens (tertiary/aromatic N) is 2. The van der Waals surface area contributed by atoms with Crippen molar-refractivity contribution in [3.63, 3.8) is 0 Å². The van der Waals surface area contributed by atoms with E-state index in [1.807, 2.05) is 26.0 Å². The molecule has 3 aromatic carbocycles. The monoisotopic (exact) mass is 428 g/mol. The number of hydrogen-bond donors (Lipinski definition) is 0. The largest absolute Gasteiger partial charge is 0.491 e. The molecule has 0 N–H and O–H groups in total. The van der Waals surface area contributed by atoms with Gasteiger partial charge in [-0.2, -0.15) is 0 Å². The van der Waals surface area contributed by atoms with Crippen LogP contribution >= 0.6 is 0 Å². The summed E-state index contributed by atoms with van der Waals surface area (Å²) in [4.78, 5) is 28.4. The minimum atomic E-state index is -0.471. The van der Waals surface area contributed by atoms with Crippen LogP contribution in [-0.4, -0.2) is 21.8 Å². The van der Waals surface area contributed by atoms with Gasteiger partial charge in [0.2, 0.25) is 5.89 Å². The Bertz CT molecular complexity index is 1270. The van der Waals surface area contributed by atoms with Gasteiger partial charge in [0.15, 0.2) is 11.4 Å². The van der Waals surface area contributed by atoms with E-state index in [-0.39, 0.29) is 29.0 Å². The van der Waals surface area contributed by atoms with Gasteiger partial charge >= 0.3 is 0 Å². The molecule has 0 fully saturated rings. The first-order valence-corrected chi connectivity index (χ1v) is 10.0. The lowest BCUT2D eigenvalue weighted by atomic mass is 10.0. The Labute approximate surface area is 184 Å². The fraction of sp³-hybridized carbons (Fsp3) is 0.120. The Morgan fingerprint density at radius 3 is 2.34 bits per heavy atom. The number of non-ortho nitro benzene ring substituents is 1. The third kappa shape index (κ3) is 4.57. The Hall–Kier alpha value is -4.26. The highest BCUT2D eigenvalue weighted by molar-refractivity contribution is 6.31. The second kappa shape index (κ2) is 8.85. The van der Waals surface area contributed by atoms with Gasteiger partial charge < -0.3 is 9.15 Å². The quantitative estimate of drug-likeness (QED) is 0.156. The van der Waals surface area contributed by atoms with Gasteiger partial charge in [0, 0.05) is 17.7 Å². The number of allylic oxidation sites excluding steroid dienone is 1. The molecule has 0 aliphatic rings. The Balaban J connectivity index is 1.76. The molecule has 0 atom stereocenters. The Morgan fingerprint density at radius 2 is 1.72 bits per heavy atom. The first-order chi connectivity index (χ1) is 15.4. The molecule has 32 heavy (non-hydrogen) atoms. The second-order valence-corrected chi connectivity index (χ2v) is 7.41. The van der Waals surface area contributed by atoms with Gasteiger partial charge in [0.1, 0.15) is 11.3 Å². The maximum Gasteiger partial charge on any atom is 0.269 e. The summed E-state index contributed by atoms with van der Waals surface area (Å²) in [5.41, 5.74) is 2.46. The molecule has 4 aromatic rings. The van der Waals surface area contributed by atoms with Gasteiger partial charge in [-0.1, -0.05) is 12.1 Å². The second-order valence-electron chi connectivity index (χ2n) is 7.41. The molecule has 0 aliphatic heterocycles. The minimum absolute atomic E-state index is 0.0221. The zero-order chi connectivity index (χ0) is 22.7. The van der Waals surface area contributed by atoms with Crippen LogP contribution in [0.5, 0.6) is 5.75 Å². The van der Waals surface area contributed by atoms with Gasteiger partial charge in [-0.15, -0.1) is 0 Å². The lowest BCUT2D eigenvalue weighted by Gasteiger charge is -2.10. The molecule has 1 aromatic heterocycles. The smallest absolute Gasteiger partial charge is 0.269 e. The van der Waals surface area contributed by atoms with Gasteiger partial charge in [-0.25, -0.2) is 4.98 Å². The van der Waals surface area contributed by atoms with Crippen molar-refractivity contribution in [2.24, 2.45) is 0 Å². The van der Waals surface area contributed by atoms with Crippen LogP contribution in [0, 0.1) is 10.1 Å². The number of para-hydroxylation sites is 2. The molecule has 7 heteroatoms. The van der Waals surface area contributed by atoms with E-state index in [1.165, 1.54) is 12.1 Å². The number of ketones is 1. The number of oxazole rings is 1. The predicted octanol–water partition coefficient (Wildman–Crippen LogP) is 5.95. The molecule has 0 spiro atoms. The number of aromatic nitrogens is 1. The van der Waals surface area contributed by atoms with Gasteiger partial charge in [-0.05, 0) is 74.0 Å². The molecular weight excluding hydrogens is 408 g/mol. The van der Waals surface area contributed by atoms with Crippen LogP contribution in [0.25, 0.3) is 22.7 Å². The third-order valence-corrected chi connectivity index (χ3v) is 4.67. The number of nitro benzene ring substituents is 1. The molecule has 0 amide bonds. The molecule has 0 saturated carbocycles. The van der Waals surface area contributed by atoms with E-state index in [1.54, 1.807) is 54.6 Å². The van der Waals surface area contributed by atoms with Crippen molar-refractivity contribution in [3.8, 4) is 5.75 Å². The molecule has 0 aliphatic carbocycles. The number of hydrogen-bond acceptors (Lipinski definition) is 6. The molecule has 0 unspecified atom stereocenters. The first kappa shape index (κ1) is 21.0. The van der Waals surface area contributed by atoms with E-state index in [2.05, 4.69) is 4.98 Å². The van der Waals surface area contributed by atoms with Gasteiger partial charge in [0.05, 0.1) is 16.6 Å². The summed E-state index contributed by atoms with van der Waals surface area (Å²) in [6.45, 7) is 3.86. The first-order valence-electron chi connectivity index (χ1n) is 10.0. The summed E-state index contributed by atoms with van der Waals surface area (Å²) < 4.78 is 11.5. The van der Waals surface area contributed by atoms with Gasteiger partial charge in [0.25, 0.3) is 5.69 Å². The molecule has 0 saturated heterocycles. The summed E-state index contributed by atoms with van der Waals surface area (Å²) in [5, 5.41) is 10.9. The van der Waals surface area contributed by atoms with E-state index >= 15 is 0 Å². The maximum absolute atomic E-state index is 13.4. The number of ether oxygens (including phenoxy) is 1. The standard InChI is InChI=1S/C25H20N2O5/c1-16(2)31-20-13-9-18(10-14-20)24(28)21(15-17-7-11-19(12-8-17)27(29)30)25-26-22-5-3-4-6-23(22)32-25/h3-16H,1-2H3. The lowest BCUT2D eigenvalue weighted by molar-refractivity contribution is -0.384. The topological polar surface area (TPSA) is 95.5 Å². The van der Waals surface area contributed by atoms with Crippen LogP contribution in [0.4, 0.5) is 5.69 Å². The summed E-state index contributed by atoms with van der Waals surface area (Å²) in [7, 11) is 0. The van der Waals surface area contributed by atoms with E-state index < -0.39 is 4.92 Å². The molecule has 160 valence electrons. The van der Waals surface area contributed by atoms with E-state index in [0.717, 1.165) is 0 Å². The zero-order valence-corrected chi connectivity index (χ0v) is 17.5. The van der Waals surface area contributed by atoms with Crippen molar-refractivity contribution < 1.29 is 18.9 Å². The van der Waals surface area contributed by atoms with Crippen molar-refractivity contribution in [1.29, 1.82) is 0 Å². The molecule has 7 nitrogen and oxygen atoms in total. The number of fused-ring (bicyclic) bond motifs is 1. The van der Waals surface area contributed by atoms with E-state index in [9.17, 15) is 14.9 Å². The van der Waals surface area contributed by atoms with Crippen molar-refractivity contribution in [2.75, 3.05) is 0 Å².